The molecular formula is C21H19ClN2O3. The number of hydrogen-bond donors (Lipinski definition) is 1. The maximum atomic E-state index is 13.2. The van der Waals surface area contributed by atoms with E-state index in [9.17, 15) is 14.4 Å². The van der Waals surface area contributed by atoms with Gasteiger partial charge in [0.25, 0.3) is 11.8 Å². The van der Waals surface area contributed by atoms with Crippen LogP contribution in [0.5, 0.6) is 0 Å². The van der Waals surface area contributed by atoms with E-state index >= 15 is 0 Å². The van der Waals surface area contributed by atoms with Gasteiger partial charge in [-0.05, 0) is 48.7 Å². The van der Waals surface area contributed by atoms with Crippen molar-refractivity contribution in [2.45, 2.75) is 31.1 Å². The van der Waals surface area contributed by atoms with Crippen LogP contribution in [0.1, 0.15) is 52.0 Å². The highest BCUT2D eigenvalue weighted by atomic mass is 35.5. The molecule has 1 aliphatic heterocycles. The molecule has 0 radical (unpaired) electrons. The normalized spacial score (nSPS) is 17.9. The highest BCUT2D eigenvalue weighted by Crippen LogP contribution is 2.42. The summed E-state index contributed by atoms with van der Waals surface area (Å²) in [5, 5.41) is 3.60. The van der Waals surface area contributed by atoms with E-state index in [1.165, 1.54) is 7.05 Å². The maximum absolute atomic E-state index is 13.2. The molecule has 4 rings (SSSR count). The zero-order chi connectivity index (χ0) is 19.2. The Hall–Kier alpha value is -2.66. The summed E-state index contributed by atoms with van der Waals surface area (Å²) >= 11 is 6.00. The molecular weight excluding hydrogens is 364 g/mol. The first-order valence-electron chi connectivity index (χ1n) is 8.96. The van der Waals surface area contributed by atoms with E-state index in [1.54, 1.807) is 30.3 Å². The number of halogens is 1. The second-order valence-electron chi connectivity index (χ2n) is 7.18. The topological polar surface area (TPSA) is 66.5 Å². The number of amides is 3. The highest BCUT2D eigenvalue weighted by Gasteiger charge is 2.43. The van der Waals surface area contributed by atoms with Gasteiger partial charge in [-0.3, -0.25) is 19.3 Å². The van der Waals surface area contributed by atoms with Gasteiger partial charge in [-0.2, -0.15) is 0 Å². The minimum absolute atomic E-state index is 0.0904. The van der Waals surface area contributed by atoms with Crippen molar-refractivity contribution in [1.29, 1.82) is 0 Å². The summed E-state index contributed by atoms with van der Waals surface area (Å²) < 4.78 is 0. The van der Waals surface area contributed by atoms with Crippen LogP contribution in [-0.4, -0.2) is 29.7 Å². The Morgan fingerprint density at radius 2 is 1.63 bits per heavy atom. The van der Waals surface area contributed by atoms with Crippen LogP contribution in [0.4, 0.5) is 5.69 Å². The maximum Gasteiger partial charge on any atom is 0.261 e. The van der Waals surface area contributed by atoms with Crippen molar-refractivity contribution in [3.05, 3.63) is 64.2 Å². The van der Waals surface area contributed by atoms with Gasteiger partial charge in [-0.15, -0.1) is 0 Å². The number of hydrogen-bond acceptors (Lipinski definition) is 3. The lowest BCUT2D eigenvalue weighted by molar-refractivity contribution is -0.121. The van der Waals surface area contributed by atoms with Gasteiger partial charge in [0.05, 0.1) is 16.5 Å². The standard InChI is InChI=1S/C21H19ClN2O3/c1-24-18(25)16-9-8-15(12-17(16)19(24)26)23-20(27)21(10-2-3-11-21)13-4-6-14(22)7-5-13/h4-9,12H,2-3,10-11H2,1H3,(H,23,27). The lowest BCUT2D eigenvalue weighted by atomic mass is 9.78. The van der Waals surface area contributed by atoms with Crippen LogP contribution in [-0.2, 0) is 10.2 Å². The number of anilines is 1. The number of fused-ring (bicyclic) bond motifs is 1. The van der Waals surface area contributed by atoms with Crippen LogP contribution in [0.15, 0.2) is 42.5 Å². The molecule has 0 spiro atoms. The first-order chi connectivity index (χ1) is 12.9. The second kappa shape index (κ2) is 6.50. The van der Waals surface area contributed by atoms with Crippen molar-refractivity contribution in [3.8, 4) is 0 Å². The zero-order valence-electron chi connectivity index (χ0n) is 14.9. The summed E-state index contributed by atoms with van der Waals surface area (Å²) in [6, 6.07) is 12.3. The third-order valence-electron chi connectivity index (χ3n) is 5.64. The summed E-state index contributed by atoms with van der Waals surface area (Å²) in [6.45, 7) is 0. The minimum atomic E-state index is -0.597. The summed E-state index contributed by atoms with van der Waals surface area (Å²) in [7, 11) is 1.46. The van der Waals surface area contributed by atoms with Crippen LogP contribution in [0.2, 0.25) is 5.02 Å². The molecule has 2 aliphatic rings. The molecule has 1 aliphatic carbocycles. The van der Waals surface area contributed by atoms with Gasteiger partial charge in [0, 0.05) is 17.8 Å². The molecule has 5 nitrogen and oxygen atoms in total. The molecule has 0 aromatic heterocycles. The van der Waals surface area contributed by atoms with Gasteiger partial charge < -0.3 is 5.32 Å². The van der Waals surface area contributed by atoms with Gasteiger partial charge in [0.1, 0.15) is 0 Å². The van der Waals surface area contributed by atoms with Crippen molar-refractivity contribution in [1.82, 2.24) is 4.90 Å². The van der Waals surface area contributed by atoms with E-state index in [0.29, 0.717) is 21.8 Å². The number of carbonyl (C=O) groups excluding carboxylic acids is 3. The molecule has 0 saturated heterocycles. The molecule has 2 aromatic carbocycles. The van der Waals surface area contributed by atoms with Gasteiger partial charge in [0.15, 0.2) is 0 Å². The molecule has 138 valence electrons. The van der Waals surface area contributed by atoms with Gasteiger partial charge in [-0.25, -0.2) is 0 Å². The third-order valence-corrected chi connectivity index (χ3v) is 5.89. The van der Waals surface area contributed by atoms with E-state index < -0.39 is 5.41 Å². The molecule has 1 saturated carbocycles. The Balaban J connectivity index is 1.64. The molecule has 1 heterocycles. The Labute approximate surface area is 162 Å². The molecule has 0 atom stereocenters. The number of nitrogens with zero attached hydrogens (tertiary/aromatic N) is 1. The van der Waals surface area contributed by atoms with E-state index in [1.807, 2.05) is 12.1 Å². The number of benzene rings is 2. The molecule has 0 unspecified atom stereocenters. The predicted octanol–water partition coefficient (Wildman–Crippen LogP) is 4.02. The number of nitrogens with one attached hydrogen (secondary N) is 1. The molecule has 1 N–H and O–H groups in total. The van der Waals surface area contributed by atoms with Crippen molar-refractivity contribution in [3.63, 3.8) is 0 Å². The summed E-state index contributed by atoms with van der Waals surface area (Å²) in [4.78, 5) is 38.5. The van der Waals surface area contributed by atoms with Crippen LogP contribution in [0.3, 0.4) is 0 Å². The monoisotopic (exact) mass is 382 g/mol. The smallest absolute Gasteiger partial charge is 0.261 e. The van der Waals surface area contributed by atoms with Crippen molar-refractivity contribution < 1.29 is 14.4 Å². The number of imide groups is 1. The Morgan fingerprint density at radius 3 is 2.30 bits per heavy atom. The fourth-order valence-corrected chi connectivity index (χ4v) is 4.21. The first kappa shape index (κ1) is 17.7. The average molecular weight is 383 g/mol. The van der Waals surface area contributed by atoms with Crippen molar-refractivity contribution in [2.24, 2.45) is 0 Å². The molecule has 3 amide bonds. The number of rotatable bonds is 3. The summed E-state index contributed by atoms with van der Waals surface area (Å²) in [5.74, 6) is -0.756. The van der Waals surface area contributed by atoms with Gasteiger partial charge in [-0.1, -0.05) is 36.6 Å². The minimum Gasteiger partial charge on any atom is -0.325 e. The quantitative estimate of drug-likeness (QED) is 0.815. The second-order valence-corrected chi connectivity index (χ2v) is 7.62. The SMILES string of the molecule is CN1C(=O)c2ccc(NC(=O)C3(c4ccc(Cl)cc4)CCCC3)cc2C1=O. The van der Waals surface area contributed by atoms with E-state index in [-0.39, 0.29) is 17.7 Å². The predicted molar refractivity (Wildman–Crippen MR) is 103 cm³/mol. The summed E-state index contributed by atoms with van der Waals surface area (Å²) in [6.07, 6.45) is 3.51. The van der Waals surface area contributed by atoms with Crippen LogP contribution in [0, 0.1) is 0 Å². The van der Waals surface area contributed by atoms with Gasteiger partial charge >= 0.3 is 0 Å². The van der Waals surface area contributed by atoms with E-state index in [0.717, 1.165) is 36.1 Å². The Bertz CT molecular complexity index is 946. The van der Waals surface area contributed by atoms with E-state index in [2.05, 4.69) is 5.32 Å². The third kappa shape index (κ3) is 2.82. The number of carbonyl (C=O) groups is 3. The highest BCUT2D eigenvalue weighted by molar-refractivity contribution is 6.30. The Kier molecular flexibility index (Phi) is 4.27. The first-order valence-corrected chi connectivity index (χ1v) is 9.34. The lowest BCUT2D eigenvalue weighted by Crippen LogP contribution is -2.38. The molecule has 2 aromatic rings. The average Bonchev–Trinajstić information content (AvgIpc) is 3.24. The molecule has 27 heavy (non-hydrogen) atoms. The van der Waals surface area contributed by atoms with Crippen molar-refractivity contribution in [2.75, 3.05) is 12.4 Å². The Morgan fingerprint density at radius 1 is 1.00 bits per heavy atom. The molecule has 0 bridgehead atoms. The fourth-order valence-electron chi connectivity index (χ4n) is 4.08. The van der Waals surface area contributed by atoms with Gasteiger partial charge in [0.2, 0.25) is 5.91 Å². The molecule has 1 fully saturated rings. The molecule has 6 heteroatoms. The van der Waals surface area contributed by atoms with E-state index in [4.69, 9.17) is 11.6 Å². The largest absolute Gasteiger partial charge is 0.325 e. The van der Waals surface area contributed by atoms with Crippen molar-refractivity contribution >= 4 is 35.0 Å². The zero-order valence-corrected chi connectivity index (χ0v) is 15.7. The summed E-state index contributed by atoms with van der Waals surface area (Å²) in [5.41, 5.74) is 1.57. The van der Waals surface area contributed by atoms with Crippen LogP contribution >= 0.6 is 11.6 Å². The van der Waals surface area contributed by atoms with Crippen LogP contribution < -0.4 is 5.32 Å². The lowest BCUT2D eigenvalue weighted by Gasteiger charge is -2.28. The fraction of sp³-hybridized carbons (Fsp3) is 0.286. The van der Waals surface area contributed by atoms with Crippen LogP contribution in [0.25, 0.3) is 0 Å².